The summed E-state index contributed by atoms with van der Waals surface area (Å²) >= 11 is 0. The molecule has 1 aliphatic rings. The van der Waals surface area contributed by atoms with Gasteiger partial charge in [0.2, 0.25) is 5.91 Å². The molecule has 1 atom stereocenters. The van der Waals surface area contributed by atoms with E-state index in [0.29, 0.717) is 26.2 Å². The average Bonchev–Trinajstić information content (AvgIpc) is 2.49. The third-order valence-corrected chi connectivity index (χ3v) is 3.47. The van der Waals surface area contributed by atoms with E-state index in [2.05, 4.69) is 0 Å². The number of hydrogen-bond acceptors (Lipinski definition) is 4. The highest BCUT2D eigenvalue weighted by atomic mass is 16.5. The van der Waals surface area contributed by atoms with Crippen molar-refractivity contribution in [3.8, 4) is 0 Å². The summed E-state index contributed by atoms with van der Waals surface area (Å²) in [6.45, 7) is 4.89. The van der Waals surface area contributed by atoms with Crippen LogP contribution in [0.25, 0.3) is 0 Å². The van der Waals surface area contributed by atoms with Gasteiger partial charge in [0, 0.05) is 25.3 Å². The van der Waals surface area contributed by atoms with E-state index in [0.717, 1.165) is 12.2 Å². The predicted molar refractivity (Wildman–Crippen MR) is 77.7 cm³/mol. The first-order chi connectivity index (χ1) is 9.74. The number of aliphatic hydroxyl groups is 1. The standard InChI is InChI=1S/C15H22N2O3/c1-2-17(13-6-4-3-5-7-13)15(19)11-16-8-9-20-14(10-16)12-18/h3-7,14,18H,2,8-12H2,1H3. The summed E-state index contributed by atoms with van der Waals surface area (Å²) < 4.78 is 5.39. The van der Waals surface area contributed by atoms with E-state index in [1.54, 1.807) is 4.90 Å². The fourth-order valence-corrected chi connectivity index (χ4v) is 2.42. The highest BCUT2D eigenvalue weighted by Gasteiger charge is 2.23. The van der Waals surface area contributed by atoms with Gasteiger partial charge in [-0.25, -0.2) is 0 Å². The molecule has 0 aromatic heterocycles. The lowest BCUT2D eigenvalue weighted by Gasteiger charge is -2.33. The summed E-state index contributed by atoms with van der Waals surface area (Å²) in [4.78, 5) is 16.2. The second-order valence-corrected chi connectivity index (χ2v) is 4.88. The molecule has 0 saturated carbocycles. The van der Waals surface area contributed by atoms with Gasteiger partial charge in [0.1, 0.15) is 0 Å². The molecule has 1 saturated heterocycles. The van der Waals surface area contributed by atoms with E-state index in [-0.39, 0.29) is 18.6 Å². The maximum absolute atomic E-state index is 12.4. The lowest BCUT2D eigenvalue weighted by Crippen LogP contribution is -2.48. The fourth-order valence-electron chi connectivity index (χ4n) is 2.42. The highest BCUT2D eigenvalue weighted by molar-refractivity contribution is 5.94. The summed E-state index contributed by atoms with van der Waals surface area (Å²) in [5.74, 6) is 0.0808. The average molecular weight is 278 g/mol. The van der Waals surface area contributed by atoms with Gasteiger partial charge in [0.05, 0.1) is 25.9 Å². The van der Waals surface area contributed by atoms with E-state index in [1.807, 2.05) is 42.2 Å². The zero-order chi connectivity index (χ0) is 14.4. The van der Waals surface area contributed by atoms with E-state index in [4.69, 9.17) is 9.84 Å². The highest BCUT2D eigenvalue weighted by Crippen LogP contribution is 2.14. The minimum absolute atomic E-state index is 0.000861. The molecule has 5 heteroatoms. The molecule has 1 fully saturated rings. The van der Waals surface area contributed by atoms with Crippen LogP contribution in [0.1, 0.15) is 6.92 Å². The Bertz CT molecular complexity index is 424. The minimum atomic E-state index is -0.177. The fraction of sp³-hybridized carbons (Fsp3) is 0.533. The number of amides is 1. The Hall–Kier alpha value is -1.43. The molecule has 0 radical (unpaired) electrons. The molecule has 20 heavy (non-hydrogen) atoms. The third-order valence-electron chi connectivity index (χ3n) is 3.47. The Balaban J connectivity index is 1.96. The number of carbonyl (C=O) groups is 1. The number of ether oxygens (including phenoxy) is 1. The number of likely N-dealkylation sites (N-methyl/N-ethyl adjacent to an activating group) is 1. The molecular weight excluding hydrogens is 256 g/mol. The number of benzene rings is 1. The molecular formula is C15H22N2O3. The number of anilines is 1. The Morgan fingerprint density at radius 3 is 2.85 bits per heavy atom. The van der Waals surface area contributed by atoms with Gasteiger partial charge in [-0.1, -0.05) is 18.2 Å². The summed E-state index contributed by atoms with van der Waals surface area (Å²) in [7, 11) is 0. The maximum atomic E-state index is 12.4. The first-order valence-corrected chi connectivity index (χ1v) is 7.04. The summed E-state index contributed by atoms with van der Waals surface area (Å²) in [6.07, 6.45) is -0.177. The van der Waals surface area contributed by atoms with E-state index >= 15 is 0 Å². The molecule has 0 aliphatic carbocycles. The Morgan fingerprint density at radius 2 is 2.20 bits per heavy atom. The van der Waals surface area contributed by atoms with Crippen LogP contribution in [0.2, 0.25) is 0 Å². The summed E-state index contributed by atoms with van der Waals surface area (Å²) in [5, 5.41) is 9.13. The van der Waals surface area contributed by atoms with Gasteiger partial charge in [-0.05, 0) is 19.1 Å². The predicted octanol–water partition coefficient (Wildman–Crippen LogP) is 0.733. The van der Waals surface area contributed by atoms with Crippen LogP contribution in [0.15, 0.2) is 30.3 Å². The van der Waals surface area contributed by atoms with Crippen LogP contribution in [0.5, 0.6) is 0 Å². The number of nitrogens with zero attached hydrogens (tertiary/aromatic N) is 2. The van der Waals surface area contributed by atoms with Crippen LogP contribution in [-0.4, -0.2) is 61.4 Å². The zero-order valence-corrected chi connectivity index (χ0v) is 11.9. The molecule has 5 nitrogen and oxygen atoms in total. The van der Waals surface area contributed by atoms with Crippen LogP contribution in [-0.2, 0) is 9.53 Å². The number of aliphatic hydroxyl groups excluding tert-OH is 1. The third kappa shape index (κ3) is 3.79. The lowest BCUT2D eigenvalue weighted by atomic mass is 10.2. The molecule has 1 aromatic rings. The maximum Gasteiger partial charge on any atom is 0.241 e. The van der Waals surface area contributed by atoms with Crippen molar-refractivity contribution in [2.75, 3.05) is 44.3 Å². The SMILES string of the molecule is CCN(C(=O)CN1CCOC(CO)C1)c1ccccc1. The number of carbonyl (C=O) groups excluding carboxylic acids is 1. The monoisotopic (exact) mass is 278 g/mol. The van der Waals surface area contributed by atoms with Gasteiger partial charge < -0.3 is 14.7 Å². The number of morpholine rings is 1. The van der Waals surface area contributed by atoms with Crippen molar-refractivity contribution in [1.29, 1.82) is 0 Å². The molecule has 0 spiro atoms. The Morgan fingerprint density at radius 1 is 1.45 bits per heavy atom. The number of hydrogen-bond donors (Lipinski definition) is 1. The molecule has 1 N–H and O–H groups in total. The molecule has 2 rings (SSSR count). The first-order valence-electron chi connectivity index (χ1n) is 7.04. The molecule has 1 aliphatic heterocycles. The van der Waals surface area contributed by atoms with Crippen LogP contribution < -0.4 is 4.90 Å². The molecule has 1 heterocycles. The molecule has 1 aromatic carbocycles. The van der Waals surface area contributed by atoms with Crippen molar-refractivity contribution >= 4 is 11.6 Å². The zero-order valence-electron chi connectivity index (χ0n) is 11.9. The summed E-state index contributed by atoms with van der Waals surface area (Å²) in [6, 6.07) is 9.69. The van der Waals surface area contributed by atoms with Crippen LogP contribution >= 0.6 is 0 Å². The molecule has 1 amide bonds. The van der Waals surface area contributed by atoms with Crippen LogP contribution in [0.3, 0.4) is 0 Å². The van der Waals surface area contributed by atoms with Gasteiger partial charge in [-0.2, -0.15) is 0 Å². The van der Waals surface area contributed by atoms with Crippen molar-refractivity contribution in [2.45, 2.75) is 13.0 Å². The normalized spacial score (nSPS) is 19.8. The van der Waals surface area contributed by atoms with Crippen molar-refractivity contribution < 1.29 is 14.6 Å². The van der Waals surface area contributed by atoms with Gasteiger partial charge in [-0.3, -0.25) is 9.69 Å². The quantitative estimate of drug-likeness (QED) is 0.863. The molecule has 1 unspecified atom stereocenters. The molecule has 0 bridgehead atoms. The van der Waals surface area contributed by atoms with E-state index < -0.39 is 0 Å². The second kappa shape index (κ2) is 7.38. The first kappa shape index (κ1) is 15.0. The van der Waals surface area contributed by atoms with E-state index in [9.17, 15) is 4.79 Å². The summed E-state index contributed by atoms with van der Waals surface area (Å²) in [5.41, 5.74) is 0.923. The van der Waals surface area contributed by atoms with Crippen molar-refractivity contribution in [3.05, 3.63) is 30.3 Å². The van der Waals surface area contributed by atoms with Crippen LogP contribution in [0.4, 0.5) is 5.69 Å². The topological polar surface area (TPSA) is 53.0 Å². The van der Waals surface area contributed by atoms with Crippen molar-refractivity contribution in [3.63, 3.8) is 0 Å². The van der Waals surface area contributed by atoms with Gasteiger partial charge in [-0.15, -0.1) is 0 Å². The van der Waals surface area contributed by atoms with Crippen molar-refractivity contribution in [2.24, 2.45) is 0 Å². The number of para-hydroxylation sites is 1. The Kier molecular flexibility index (Phi) is 5.52. The van der Waals surface area contributed by atoms with Crippen molar-refractivity contribution in [1.82, 2.24) is 4.90 Å². The smallest absolute Gasteiger partial charge is 0.241 e. The van der Waals surface area contributed by atoms with Gasteiger partial charge in [0.25, 0.3) is 0 Å². The van der Waals surface area contributed by atoms with E-state index in [1.165, 1.54) is 0 Å². The number of rotatable bonds is 5. The Labute approximate surface area is 119 Å². The molecule has 110 valence electrons. The van der Waals surface area contributed by atoms with Gasteiger partial charge >= 0.3 is 0 Å². The van der Waals surface area contributed by atoms with Crippen LogP contribution in [0, 0.1) is 0 Å². The minimum Gasteiger partial charge on any atom is -0.394 e. The second-order valence-electron chi connectivity index (χ2n) is 4.88. The largest absolute Gasteiger partial charge is 0.394 e. The van der Waals surface area contributed by atoms with Gasteiger partial charge in [0.15, 0.2) is 0 Å². The lowest BCUT2D eigenvalue weighted by molar-refractivity contribution is -0.122.